The Bertz CT molecular complexity index is 2500. The number of nitrogens with one attached hydrogen (secondary N) is 2. The number of hydrogen-bond donors (Lipinski definition) is 2. The standard InChI is InChI=1S/C51H58N4O2/c1-14-44(56)57-47-42-21-19-40(54-42)45(30-23-32(48(2,3)4)27-33(24-30)49(5,6)7)38-17-15-36(52-38)29-37-16-18-39(53-37)46(41-20-22-43(47)55-41)31-25-34(50(8,9)10)28-35(26-31)51(11,12)13/h15-29,52,55H,14H2,1-13H3. The van der Waals surface area contributed by atoms with Crippen LogP contribution in [0.2, 0.25) is 0 Å². The summed E-state index contributed by atoms with van der Waals surface area (Å²) >= 11 is 0. The molecule has 0 radical (unpaired) electrons. The van der Waals surface area contributed by atoms with E-state index in [1.54, 1.807) is 0 Å². The average Bonchev–Trinajstić information content (AvgIpc) is 3.95. The van der Waals surface area contributed by atoms with Crippen LogP contribution >= 0.6 is 0 Å². The van der Waals surface area contributed by atoms with Crippen molar-refractivity contribution >= 4 is 52.3 Å². The van der Waals surface area contributed by atoms with Gasteiger partial charge in [0.15, 0.2) is 5.75 Å². The van der Waals surface area contributed by atoms with Gasteiger partial charge in [0.05, 0.1) is 22.6 Å². The zero-order valence-electron chi connectivity index (χ0n) is 36.1. The van der Waals surface area contributed by atoms with Gasteiger partial charge >= 0.3 is 5.97 Å². The number of carbonyl (C=O) groups excluding carboxylic acids is 1. The highest BCUT2D eigenvalue weighted by atomic mass is 16.5. The number of benzene rings is 2. The van der Waals surface area contributed by atoms with E-state index in [9.17, 15) is 4.79 Å². The van der Waals surface area contributed by atoms with Crippen LogP contribution in [0.5, 0.6) is 5.75 Å². The highest BCUT2D eigenvalue weighted by molar-refractivity contribution is 5.95. The molecule has 6 heteroatoms. The number of fused-ring (bicyclic) bond motifs is 8. The molecule has 5 aromatic rings. The first-order valence-corrected chi connectivity index (χ1v) is 20.3. The Balaban J connectivity index is 1.62. The summed E-state index contributed by atoms with van der Waals surface area (Å²) in [4.78, 5) is 31.0. The quantitative estimate of drug-likeness (QED) is 0.175. The van der Waals surface area contributed by atoms with Crippen molar-refractivity contribution < 1.29 is 9.53 Å². The number of esters is 1. The van der Waals surface area contributed by atoms with Crippen LogP contribution in [-0.2, 0) is 26.5 Å². The zero-order valence-corrected chi connectivity index (χ0v) is 36.1. The van der Waals surface area contributed by atoms with E-state index in [0.29, 0.717) is 17.0 Å². The van der Waals surface area contributed by atoms with Crippen molar-refractivity contribution in [3.05, 3.63) is 112 Å². The van der Waals surface area contributed by atoms with Gasteiger partial charge in [-0.25, -0.2) is 9.97 Å². The van der Waals surface area contributed by atoms with Gasteiger partial charge in [0.2, 0.25) is 0 Å². The zero-order chi connectivity index (χ0) is 41.2. The second kappa shape index (κ2) is 14.2. The van der Waals surface area contributed by atoms with Gasteiger partial charge in [-0.15, -0.1) is 0 Å². The smallest absolute Gasteiger partial charge is 0.311 e. The van der Waals surface area contributed by atoms with Gasteiger partial charge in [-0.3, -0.25) is 4.79 Å². The van der Waals surface area contributed by atoms with Crippen LogP contribution in [0.4, 0.5) is 0 Å². The van der Waals surface area contributed by atoms with Gasteiger partial charge in [-0.2, -0.15) is 0 Å². The van der Waals surface area contributed by atoms with Crippen molar-refractivity contribution in [1.82, 2.24) is 19.9 Å². The lowest BCUT2D eigenvalue weighted by Crippen LogP contribution is -2.16. The Hall–Kier alpha value is -5.49. The van der Waals surface area contributed by atoms with E-state index in [2.05, 4.69) is 166 Å². The molecular formula is C51H58N4O2. The minimum atomic E-state index is -0.333. The molecule has 8 bridgehead atoms. The van der Waals surface area contributed by atoms with E-state index in [4.69, 9.17) is 14.7 Å². The number of rotatable bonds is 4. The Labute approximate surface area is 338 Å². The van der Waals surface area contributed by atoms with Crippen LogP contribution in [0.15, 0.2) is 66.7 Å². The van der Waals surface area contributed by atoms with E-state index in [1.807, 2.05) is 25.1 Å². The molecule has 57 heavy (non-hydrogen) atoms. The monoisotopic (exact) mass is 758 g/mol. The van der Waals surface area contributed by atoms with Crippen molar-refractivity contribution in [2.24, 2.45) is 0 Å². The van der Waals surface area contributed by atoms with Crippen molar-refractivity contribution in [2.45, 2.75) is 118 Å². The minimum Gasteiger partial charge on any atom is -0.422 e. The molecule has 294 valence electrons. The molecule has 0 spiro atoms. The molecule has 0 aliphatic carbocycles. The van der Waals surface area contributed by atoms with Crippen LogP contribution in [0, 0.1) is 0 Å². The van der Waals surface area contributed by atoms with Gasteiger partial charge < -0.3 is 14.7 Å². The Morgan fingerprint density at radius 2 is 0.965 bits per heavy atom. The molecule has 0 saturated carbocycles. The molecule has 2 aliphatic heterocycles. The Morgan fingerprint density at radius 1 is 0.526 bits per heavy atom. The van der Waals surface area contributed by atoms with Crippen LogP contribution in [-0.4, -0.2) is 25.9 Å². The molecule has 2 aliphatic rings. The van der Waals surface area contributed by atoms with Crippen molar-refractivity contribution in [3.8, 4) is 28.0 Å². The number of carbonyl (C=O) groups is 1. The van der Waals surface area contributed by atoms with Crippen LogP contribution in [0.25, 0.3) is 68.6 Å². The van der Waals surface area contributed by atoms with Gasteiger partial charge in [-0.1, -0.05) is 126 Å². The summed E-state index contributed by atoms with van der Waals surface area (Å²) in [5.41, 5.74) is 15.2. The van der Waals surface area contributed by atoms with Crippen LogP contribution in [0.1, 0.15) is 141 Å². The van der Waals surface area contributed by atoms with E-state index in [0.717, 1.165) is 55.9 Å². The molecule has 2 N–H and O–H groups in total. The summed E-state index contributed by atoms with van der Waals surface area (Å²) < 4.78 is 6.17. The van der Waals surface area contributed by atoms with Crippen molar-refractivity contribution in [1.29, 1.82) is 0 Å². The molecule has 0 saturated heterocycles. The molecule has 3 aromatic heterocycles. The molecule has 2 aromatic carbocycles. The second-order valence-corrected chi connectivity index (χ2v) is 19.7. The summed E-state index contributed by atoms with van der Waals surface area (Å²) in [6, 6.07) is 24.2. The van der Waals surface area contributed by atoms with Crippen molar-refractivity contribution in [2.75, 3.05) is 0 Å². The average molecular weight is 759 g/mol. The van der Waals surface area contributed by atoms with Gasteiger partial charge in [0, 0.05) is 34.1 Å². The lowest BCUT2D eigenvalue weighted by molar-refractivity contribution is -0.133. The minimum absolute atomic E-state index is 0.0752. The third-order valence-corrected chi connectivity index (χ3v) is 10.9. The topological polar surface area (TPSA) is 83.7 Å². The third-order valence-electron chi connectivity index (χ3n) is 10.9. The van der Waals surface area contributed by atoms with Gasteiger partial charge in [0.1, 0.15) is 5.69 Å². The molecular weight excluding hydrogens is 701 g/mol. The number of hydrogen-bond acceptors (Lipinski definition) is 4. The Morgan fingerprint density at radius 3 is 1.47 bits per heavy atom. The van der Waals surface area contributed by atoms with Crippen LogP contribution in [0.3, 0.4) is 0 Å². The fourth-order valence-electron chi connectivity index (χ4n) is 7.29. The molecule has 0 fully saturated rings. The SMILES string of the molecule is CCC(=O)Oc1c2nc(c(-c3cc(C(C)(C)C)cc(C(C)(C)C)c3)c3ccc(cc4nc(c(-c5cc(C(C)(C)C)cc(C(C)(C)C)c5)c5ccc1[nH]5)C=C4)[nH]3)C=C2. The van der Waals surface area contributed by atoms with Gasteiger partial charge in [-0.05, 0) is 110 Å². The van der Waals surface area contributed by atoms with Gasteiger partial charge in [0.25, 0.3) is 0 Å². The molecule has 0 amide bonds. The fraction of sp³-hybridized carbons (Fsp3) is 0.353. The third kappa shape index (κ3) is 8.18. The number of ether oxygens (including phenoxy) is 1. The lowest BCUT2D eigenvalue weighted by atomic mass is 9.78. The number of nitrogens with zero attached hydrogens (tertiary/aromatic N) is 2. The normalized spacial score (nSPS) is 13.4. The molecule has 5 heterocycles. The second-order valence-electron chi connectivity index (χ2n) is 19.7. The molecule has 0 unspecified atom stereocenters. The predicted octanol–water partition coefficient (Wildman–Crippen LogP) is 13.5. The number of H-pyrrole nitrogens is 2. The van der Waals surface area contributed by atoms with E-state index in [1.165, 1.54) is 22.3 Å². The predicted molar refractivity (Wildman–Crippen MR) is 240 cm³/mol. The highest BCUT2D eigenvalue weighted by Crippen LogP contribution is 2.40. The summed E-state index contributed by atoms with van der Waals surface area (Å²) in [6.45, 7) is 28.9. The summed E-state index contributed by atoms with van der Waals surface area (Å²) in [6.07, 6.45) is 8.39. The van der Waals surface area contributed by atoms with E-state index in [-0.39, 0.29) is 34.1 Å². The largest absolute Gasteiger partial charge is 0.422 e. The maximum Gasteiger partial charge on any atom is 0.311 e. The van der Waals surface area contributed by atoms with E-state index < -0.39 is 0 Å². The fourth-order valence-corrected chi connectivity index (χ4v) is 7.29. The maximum absolute atomic E-state index is 13.1. The molecule has 7 rings (SSSR count). The maximum atomic E-state index is 13.1. The Kier molecular flexibility index (Phi) is 9.87. The highest BCUT2D eigenvalue weighted by Gasteiger charge is 2.25. The molecule has 0 atom stereocenters. The summed E-state index contributed by atoms with van der Waals surface area (Å²) in [7, 11) is 0. The number of aromatic amines is 2. The first kappa shape index (κ1) is 39.7. The molecule has 6 nitrogen and oxygen atoms in total. The summed E-state index contributed by atoms with van der Waals surface area (Å²) in [5, 5.41) is 0. The summed E-state index contributed by atoms with van der Waals surface area (Å²) in [5.74, 6) is 0.0558. The lowest BCUT2D eigenvalue weighted by Gasteiger charge is -2.26. The van der Waals surface area contributed by atoms with Crippen molar-refractivity contribution in [3.63, 3.8) is 0 Å². The van der Waals surface area contributed by atoms with E-state index >= 15 is 0 Å². The first-order chi connectivity index (χ1) is 26.6. The number of aromatic nitrogens is 4. The van der Waals surface area contributed by atoms with Crippen LogP contribution < -0.4 is 4.74 Å². The first-order valence-electron chi connectivity index (χ1n) is 20.3.